The number of esters is 1. The molecule has 0 bridgehead atoms. The monoisotopic (exact) mass is 565 g/mol. The highest BCUT2D eigenvalue weighted by Gasteiger charge is 2.24. The van der Waals surface area contributed by atoms with Crippen LogP contribution in [0.2, 0.25) is 5.02 Å². The third-order valence-corrected chi connectivity index (χ3v) is 8.01. The predicted molar refractivity (Wildman–Crippen MR) is 149 cm³/mol. The number of ether oxygens (including phenoxy) is 3. The summed E-state index contributed by atoms with van der Waals surface area (Å²) < 4.78 is 18.7. The number of aromatic nitrogens is 4. The van der Waals surface area contributed by atoms with Crippen molar-refractivity contribution in [1.29, 1.82) is 0 Å². The molecule has 0 radical (unpaired) electrons. The standard InChI is InChI=1S/C28H28ClN5O4S/c1-36-27(35)19-2-5-23-25(12-19)34(14-22-8-11-37-22)26(31-23)15-33-9-6-18(7-10-33)24-17-39-28(32-24)38-16-21-4-3-20(29)13-30-21/h2-6,12-13,17,22H,7-11,14-16H2,1H3/t22-/m0/s1. The van der Waals surface area contributed by atoms with Gasteiger partial charge in [-0.25, -0.2) is 14.8 Å². The fourth-order valence-corrected chi connectivity index (χ4v) is 5.57. The topological polar surface area (TPSA) is 91.6 Å². The van der Waals surface area contributed by atoms with E-state index in [0.29, 0.717) is 28.9 Å². The second kappa shape index (κ2) is 11.4. The van der Waals surface area contributed by atoms with Gasteiger partial charge in [0.2, 0.25) is 0 Å². The Hall–Kier alpha value is -3.31. The maximum absolute atomic E-state index is 12.1. The molecule has 4 aromatic rings. The third-order valence-electron chi connectivity index (χ3n) is 7.03. The molecule has 9 nitrogen and oxygen atoms in total. The average molecular weight is 566 g/mol. The number of nitrogens with zero attached hydrogens (tertiary/aromatic N) is 5. The van der Waals surface area contributed by atoms with E-state index >= 15 is 0 Å². The Kier molecular flexibility index (Phi) is 7.60. The largest absolute Gasteiger partial charge is 0.465 e. The summed E-state index contributed by atoms with van der Waals surface area (Å²) in [6.07, 6.45) is 5.94. The first-order valence-electron chi connectivity index (χ1n) is 12.9. The highest BCUT2D eigenvalue weighted by molar-refractivity contribution is 7.11. The SMILES string of the molecule is COC(=O)c1ccc2nc(CN3CC=C(c4csc(OCc5ccc(Cl)cn5)n4)CC3)n(C[C@@H]3CCO3)c2c1. The predicted octanol–water partition coefficient (Wildman–Crippen LogP) is 4.99. The first-order valence-corrected chi connectivity index (χ1v) is 14.1. The van der Waals surface area contributed by atoms with Crippen LogP contribution in [0.4, 0.5) is 0 Å². The van der Waals surface area contributed by atoms with E-state index in [1.54, 1.807) is 18.3 Å². The Morgan fingerprint density at radius 1 is 1.26 bits per heavy atom. The lowest BCUT2D eigenvalue weighted by Gasteiger charge is -2.29. The summed E-state index contributed by atoms with van der Waals surface area (Å²) in [4.78, 5) is 28.4. The van der Waals surface area contributed by atoms with Crippen molar-refractivity contribution in [3.8, 4) is 5.19 Å². The minimum absolute atomic E-state index is 0.173. The lowest BCUT2D eigenvalue weighted by atomic mass is 10.1. The number of benzene rings is 1. The molecule has 3 aromatic heterocycles. The van der Waals surface area contributed by atoms with Crippen LogP contribution in [-0.4, -0.2) is 63.3 Å². The van der Waals surface area contributed by atoms with Crippen LogP contribution in [0.25, 0.3) is 16.6 Å². The van der Waals surface area contributed by atoms with Crippen molar-refractivity contribution in [1.82, 2.24) is 24.4 Å². The summed E-state index contributed by atoms with van der Waals surface area (Å²) in [7, 11) is 1.40. The number of halogens is 1. The van der Waals surface area contributed by atoms with Crippen molar-refractivity contribution in [2.24, 2.45) is 0 Å². The molecule has 2 aliphatic heterocycles. The number of hydrogen-bond donors (Lipinski definition) is 0. The van der Waals surface area contributed by atoms with Gasteiger partial charge < -0.3 is 18.8 Å². The van der Waals surface area contributed by atoms with E-state index < -0.39 is 0 Å². The summed E-state index contributed by atoms with van der Waals surface area (Å²) in [5, 5.41) is 3.28. The molecule has 5 heterocycles. The van der Waals surface area contributed by atoms with Gasteiger partial charge in [-0.05, 0) is 48.7 Å². The summed E-state index contributed by atoms with van der Waals surface area (Å²) in [5.74, 6) is 0.622. The number of methoxy groups -OCH3 is 1. The number of carbonyl (C=O) groups excluding carboxylic acids is 1. The molecular weight excluding hydrogens is 538 g/mol. The van der Waals surface area contributed by atoms with E-state index in [1.165, 1.54) is 24.0 Å². The molecule has 0 aliphatic carbocycles. The van der Waals surface area contributed by atoms with Gasteiger partial charge in [-0.15, -0.1) is 0 Å². The minimum Gasteiger partial charge on any atom is -0.465 e. The fourth-order valence-electron chi connectivity index (χ4n) is 4.76. The molecule has 202 valence electrons. The molecular formula is C28H28ClN5O4S. The average Bonchev–Trinajstić information content (AvgIpc) is 3.54. The highest BCUT2D eigenvalue weighted by Crippen LogP contribution is 2.29. The number of thiazole rings is 1. The number of rotatable bonds is 9. The molecule has 0 spiro atoms. The maximum Gasteiger partial charge on any atom is 0.337 e. The number of imidazole rings is 1. The van der Waals surface area contributed by atoms with Crippen LogP contribution in [-0.2, 0) is 29.2 Å². The zero-order valence-electron chi connectivity index (χ0n) is 21.5. The maximum atomic E-state index is 12.1. The molecule has 11 heteroatoms. The quantitative estimate of drug-likeness (QED) is 0.262. The third kappa shape index (κ3) is 5.84. The lowest BCUT2D eigenvalue weighted by Crippen LogP contribution is -2.33. The zero-order valence-corrected chi connectivity index (χ0v) is 23.1. The van der Waals surface area contributed by atoms with Crippen LogP contribution in [0.15, 0.2) is 48.0 Å². The summed E-state index contributed by atoms with van der Waals surface area (Å²) >= 11 is 7.39. The Morgan fingerprint density at radius 3 is 2.87 bits per heavy atom. The first kappa shape index (κ1) is 25.9. The van der Waals surface area contributed by atoms with E-state index in [1.807, 2.05) is 23.6 Å². The van der Waals surface area contributed by atoms with Gasteiger partial charge in [0.1, 0.15) is 12.4 Å². The summed E-state index contributed by atoms with van der Waals surface area (Å²) in [6.45, 7) is 4.27. The molecule has 6 rings (SSSR count). The summed E-state index contributed by atoms with van der Waals surface area (Å²) in [5.41, 5.74) is 5.31. The number of hydrogen-bond acceptors (Lipinski definition) is 9. The molecule has 0 N–H and O–H groups in total. The molecule has 0 unspecified atom stereocenters. The molecule has 0 amide bonds. The molecule has 1 atom stereocenters. The minimum atomic E-state index is -0.350. The van der Waals surface area contributed by atoms with Crippen LogP contribution in [0.1, 0.15) is 40.4 Å². The van der Waals surface area contributed by atoms with Gasteiger partial charge in [0.05, 0.1) is 59.3 Å². The second-order valence-electron chi connectivity index (χ2n) is 9.58. The number of carbonyl (C=O) groups is 1. The van der Waals surface area contributed by atoms with Crippen molar-refractivity contribution in [3.63, 3.8) is 0 Å². The van der Waals surface area contributed by atoms with Crippen LogP contribution in [0, 0.1) is 0 Å². The second-order valence-corrected chi connectivity index (χ2v) is 10.8. The Labute approximate surface area is 235 Å². The van der Waals surface area contributed by atoms with Crippen molar-refractivity contribution in [2.45, 2.75) is 38.6 Å². The molecule has 2 aliphatic rings. The van der Waals surface area contributed by atoms with Gasteiger partial charge in [0.25, 0.3) is 5.19 Å². The Morgan fingerprint density at radius 2 is 2.15 bits per heavy atom. The van der Waals surface area contributed by atoms with E-state index in [4.69, 9.17) is 30.8 Å². The lowest BCUT2D eigenvalue weighted by molar-refractivity contribution is -0.0591. The molecule has 39 heavy (non-hydrogen) atoms. The molecule has 1 fully saturated rings. The van der Waals surface area contributed by atoms with Gasteiger partial charge in [0, 0.05) is 31.3 Å². The van der Waals surface area contributed by atoms with Crippen LogP contribution >= 0.6 is 22.9 Å². The van der Waals surface area contributed by atoms with Gasteiger partial charge in [0.15, 0.2) is 0 Å². The normalized spacial score (nSPS) is 17.6. The fraction of sp³-hybridized carbons (Fsp3) is 0.357. The Bertz CT molecular complexity index is 1510. The highest BCUT2D eigenvalue weighted by atomic mass is 35.5. The summed E-state index contributed by atoms with van der Waals surface area (Å²) in [6, 6.07) is 9.18. The number of fused-ring (bicyclic) bond motifs is 1. The van der Waals surface area contributed by atoms with E-state index in [9.17, 15) is 4.79 Å². The van der Waals surface area contributed by atoms with Gasteiger partial charge in [-0.1, -0.05) is 29.0 Å². The molecule has 1 saturated heterocycles. The van der Waals surface area contributed by atoms with Crippen molar-refractivity contribution in [2.75, 3.05) is 26.8 Å². The van der Waals surface area contributed by atoms with E-state index in [2.05, 4.69) is 25.5 Å². The van der Waals surface area contributed by atoms with Crippen LogP contribution in [0.5, 0.6) is 5.19 Å². The van der Waals surface area contributed by atoms with Crippen molar-refractivity contribution in [3.05, 3.63) is 75.8 Å². The Balaban J connectivity index is 1.13. The van der Waals surface area contributed by atoms with Gasteiger partial charge in [-0.3, -0.25) is 9.88 Å². The van der Waals surface area contributed by atoms with E-state index in [0.717, 1.165) is 67.3 Å². The van der Waals surface area contributed by atoms with Crippen LogP contribution < -0.4 is 4.74 Å². The van der Waals surface area contributed by atoms with Gasteiger partial charge >= 0.3 is 5.97 Å². The molecule has 0 saturated carbocycles. The van der Waals surface area contributed by atoms with Crippen molar-refractivity contribution >= 4 is 45.5 Å². The van der Waals surface area contributed by atoms with Gasteiger partial charge in [-0.2, -0.15) is 0 Å². The van der Waals surface area contributed by atoms with Crippen molar-refractivity contribution < 1.29 is 19.0 Å². The molecule has 1 aromatic carbocycles. The number of pyridine rings is 1. The zero-order chi connectivity index (χ0) is 26.8. The van der Waals surface area contributed by atoms with Crippen LogP contribution in [0.3, 0.4) is 0 Å². The van der Waals surface area contributed by atoms with E-state index in [-0.39, 0.29) is 12.1 Å². The smallest absolute Gasteiger partial charge is 0.337 e. The first-order chi connectivity index (χ1) is 19.1.